The number of carbonyl (C=O) groups excluding carboxylic acids is 3. The number of amides is 2. The lowest BCUT2D eigenvalue weighted by Gasteiger charge is -2.12. The minimum absolute atomic E-state index is 0.195. The lowest BCUT2D eigenvalue weighted by molar-refractivity contribution is -0.117. The molecule has 0 fully saturated rings. The van der Waals surface area contributed by atoms with Gasteiger partial charge in [0.05, 0.1) is 25.9 Å². The van der Waals surface area contributed by atoms with Gasteiger partial charge in [-0.05, 0) is 56.0 Å². The number of unbranched alkanes of at least 4 members (excludes halogenated alkanes) is 2. The van der Waals surface area contributed by atoms with Crippen LogP contribution in [0.4, 0.5) is 0 Å². The molecule has 0 aromatic heterocycles. The summed E-state index contributed by atoms with van der Waals surface area (Å²) in [5, 5.41) is 5.36. The minimum atomic E-state index is -0.451. The average Bonchev–Trinajstić information content (AvgIpc) is 2.77. The van der Waals surface area contributed by atoms with E-state index in [1.54, 1.807) is 18.2 Å². The molecule has 1 rings (SSSR count). The van der Waals surface area contributed by atoms with Crippen LogP contribution in [0.1, 0.15) is 36.0 Å². The van der Waals surface area contributed by atoms with Gasteiger partial charge < -0.3 is 24.8 Å². The molecule has 8 heteroatoms. The molecule has 1 aromatic carbocycles. The summed E-state index contributed by atoms with van der Waals surface area (Å²) < 4.78 is 16.2. The maximum Gasteiger partial charge on any atom is 0.338 e. The summed E-state index contributed by atoms with van der Waals surface area (Å²) in [6.07, 6.45) is 5.29. The van der Waals surface area contributed by atoms with E-state index in [4.69, 9.17) is 14.2 Å². The quantitative estimate of drug-likeness (QED) is 0.258. The van der Waals surface area contributed by atoms with Gasteiger partial charge in [-0.3, -0.25) is 9.59 Å². The standard InChI is InChI=1S/C22H30N2O6/c1-4-20(25)23-12-6-8-14-29-18-11-10-17(16-19(18)28-3)22(27)30-15-9-7-13-24-21(26)5-2/h4-5,10-11,16H,1-2,6-9,12-15H2,3H3,(H,23,25)(H,24,26). The van der Waals surface area contributed by atoms with Crippen LogP contribution in [0.15, 0.2) is 43.5 Å². The molecule has 2 amide bonds. The summed E-state index contributed by atoms with van der Waals surface area (Å²) in [5.74, 6) is 0.104. The monoisotopic (exact) mass is 418 g/mol. The molecule has 30 heavy (non-hydrogen) atoms. The fourth-order valence-corrected chi connectivity index (χ4v) is 2.37. The normalized spacial score (nSPS) is 9.90. The number of hydrogen-bond acceptors (Lipinski definition) is 6. The highest BCUT2D eigenvalue weighted by molar-refractivity contribution is 5.90. The van der Waals surface area contributed by atoms with E-state index >= 15 is 0 Å². The number of benzene rings is 1. The van der Waals surface area contributed by atoms with Crippen molar-refractivity contribution in [2.45, 2.75) is 25.7 Å². The van der Waals surface area contributed by atoms with E-state index in [1.807, 2.05) is 0 Å². The number of carbonyl (C=O) groups is 3. The molecular weight excluding hydrogens is 388 g/mol. The maximum absolute atomic E-state index is 12.2. The third-order valence-electron chi connectivity index (χ3n) is 4.00. The number of ether oxygens (including phenoxy) is 3. The Morgan fingerprint density at radius 3 is 2.07 bits per heavy atom. The van der Waals surface area contributed by atoms with Gasteiger partial charge in [0.25, 0.3) is 0 Å². The Bertz CT molecular complexity index is 732. The highest BCUT2D eigenvalue weighted by Gasteiger charge is 2.12. The van der Waals surface area contributed by atoms with Crippen molar-refractivity contribution in [3.8, 4) is 11.5 Å². The summed E-state index contributed by atoms with van der Waals surface area (Å²) in [6, 6.07) is 4.86. The van der Waals surface area contributed by atoms with Crippen molar-refractivity contribution in [2.24, 2.45) is 0 Å². The van der Waals surface area contributed by atoms with Gasteiger partial charge in [0.15, 0.2) is 11.5 Å². The predicted octanol–water partition coefficient (Wildman–Crippen LogP) is 2.40. The van der Waals surface area contributed by atoms with E-state index < -0.39 is 5.97 Å². The van der Waals surface area contributed by atoms with Gasteiger partial charge in [-0.1, -0.05) is 13.2 Å². The lowest BCUT2D eigenvalue weighted by atomic mass is 10.2. The number of rotatable bonds is 15. The van der Waals surface area contributed by atoms with E-state index in [2.05, 4.69) is 23.8 Å². The lowest BCUT2D eigenvalue weighted by Crippen LogP contribution is -2.22. The van der Waals surface area contributed by atoms with Gasteiger partial charge in [0, 0.05) is 13.1 Å². The van der Waals surface area contributed by atoms with Crippen LogP contribution in [0.3, 0.4) is 0 Å². The summed E-state index contributed by atoms with van der Waals surface area (Å²) in [7, 11) is 1.50. The van der Waals surface area contributed by atoms with Crippen LogP contribution >= 0.6 is 0 Å². The summed E-state index contributed by atoms with van der Waals surface area (Å²) in [5.41, 5.74) is 0.367. The Morgan fingerprint density at radius 2 is 1.50 bits per heavy atom. The highest BCUT2D eigenvalue weighted by atomic mass is 16.5. The molecule has 164 valence electrons. The molecule has 0 spiro atoms. The molecule has 2 N–H and O–H groups in total. The Labute approximate surface area is 177 Å². The van der Waals surface area contributed by atoms with Crippen molar-refractivity contribution >= 4 is 17.8 Å². The molecule has 0 heterocycles. The first-order valence-electron chi connectivity index (χ1n) is 9.80. The summed E-state index contributed by atoms with van der Waals surface area (Å²) in [4.78, 5) is 34.3. The molecule has 1 aromatic rings. The zero-order valence-electron chi connectivity index (χ0n) is 17.4. The maximum atomic E-state index is 12.2. The molecule has 0 radical (unpaired) electrons. The third-order valence-corrected chi connectivity index (χ3v) is 4.00. The average molecular weight is 418 g/mol. The van der Waals surface area contributed by atoms with Crippen LogP contribution in [0.25, 0.3) is 0 Å². The fraction of sp³-hybridized carbons (Fsp3) is 0.409. The molecule has 8 nitrogen and oxygen atoms in total. The van der Waals surface area contributed by atoms with Crippen LogP contribution in [0, 0.1) is 0 Å². The largest absolute Gasteiger partial charge is 0.493 e. The minimum Gasteiger partial charge on any atom is -0.493 e. The van der Waals surface area contributed by atoms with E-state index in [1.165, 1.54) is 19.3 Å². The molecule has 0 aliphatic carbocycles. The van der Waals surface area contributed by atoms with E-state index in [-0.39, 0.29) is 18.4 Å². The van der Waals surface area contributed by atoms with Crippen LogP contribution < -0.4 is 20.1 Å². The van der Waals surface area contributed by atoms with Gasteiger partial charge >= 0.3 is 5.97 Å². The molecule has 0 unspecified atom stereocenters. The van der Waals surface area contributed by atoms with E-state index in [0.29, 0.717) is 49.6 Å². The molecule has 0 bridgehead atoms. The molecule has 0 aliphatic rings. The van der Waals surface area contributed by atoms with Gasteiger partial charge in [-0.2, -0.15) is 0 Å². The molecule has 0 saturated carbocycles. The topological polar surface area (TPSA) is 103 Å². The fourth-order valence-electron chi connectivity index (χ4n) is 2.37. The van der Waals surface area contributed by atoms with Gasteiger partial charge in [-0.25, -0.2) is 4.79 Å². The summed E-state index contributed by atoms with van der Waals surface area (Å²) in [6.45, 7) is 8.52. The Hall–Kier alpha value is -3.29. The number of hydrogen-bond donors (Lipinski definition) is 2. The predicted molar refractivity (Wildman–Crippen MR) is 114 cm³/mol. The smallest absolute Gasteiger partial charge is 0.338 e. The zero-order valence-corrected chi connectivity index (χ0v) is 17.4. The van der Waals surface area contributed by atoms with Crippen LogP contribution in [0.2, 0.25) is 0 Å². The number of methoxy groups -OCH3 is 1. The van der Waals surface area contributed by atoms with Crippen molar-refractivity contribution in [3.05, 3.63) is 49.1 Å². The van der Waals surface area contributed by atoms with Crippen molar-refractivity contribution in [1.82, 2.24) is 10.6 Å². The SMILES string of the molecule is C=CC(=O)NCCCCOC(=O)c1ccc(OCCCCNC(=O)C=C)c(OC)c1. The van der Waals surface area contributed by atoms with Crippen LogP contribution in [-0.2, 0) is 14.3 Å². The van der Waals surface area contributed by atoms with Gasteiger partial charge in [0.2, 0.25) is 11.8 Å². The first-order valence-corrected chi connectivity index (χ1v) is 9.80. The van der Waals surface area contributed by atoms with Crippen molar-refractivity contribution in [2.75, 3.05) is 33.4 Å². The third kappa shape index (κ3) is 9.77. The van der Waals surface area contributed by atoms with E-state index in [9.17, 15) is 14.4 Å². The zero-order chi connectivity index (χ0) is 22.2. The van der Waals surface area contributed by atoms with Gasteiger partial charge in [0.1, 0.15) is 0 Å². The molecule has 0 saturated heterocycles. The molecule has 0 aliphatic heterocycles. The molecular formula is C22H30N2O6. The van der Waals surface area contributed by atoms with E-state index in [0.717, 1.165) is 12.8 Å². The van der Waals surface area contributed by atoms with Crippen LogP contribution in [0.5, 0.6) is 11.5 Å². The molecule has 0 atom stereocenters. The first-order chi connectivity index (χ1) is 14.5. The first kappa shape index (κ1) is 24.7. The second-order valence-electron chi connectivity index (χ2n) is 6.25. The van der Waals surface area contributed by atoms with Crippen molar-refractivity contribution in [1.29, 1.82) is 0 Å². The van der Waals surface area contributed by atoms with Crippen molar-refractivity contribution in [3.63, 3.8) is 0 Å². The van der Waals surface area contributed by atoms with Gasteiger partial charge in [-0.15, -0.1) is 0 Å². The Morgan fingerprint density at radius 1 is 0.900 bits per heavy atom. The number of esters is 1. The number of nitrogens with one attached hydrogen (secondary N) is 2. The summed E-state index contributed by atoms with van der Waals surface area (Å²) >= 11 is 0. The Balaban J connectivity index is 2.36. The second kappa shape index (κ2) is 14.7. The van der Waals surface area contributed by atoms with Crippen molar-refractivity contribution < 1.29 is 28.6 Å². The second-order valence-corrected chi connectivity index (χ2v) is 6.25. The Kier molecular flexibility index (Phi) is 12.1. The van der Waals surface area contributed by atoms with Crippen LogP contribution in [-0.4, -0.2) is 51.2 Å². The highest BCUT2D eigenvalue weighted by Crippen LogP contribution is 2.28.